The molecule has 1 amide bonds. The third-order valence-electron chi connectivity index (χ3n) is 3.74. The predicted octanol–water partition coefficient (Wildman–Crippen LogP) is 3.89. The number of carbonyl (C=O) groups is 1. The summed E-state index contributed by atoms with van der Waals surface area (Å²) in [6.45, 7) is 2.47. The Balaban J connectivity index is 1.68. The standard InChI is InChI=1S/C20H21ClN6O/c1-13(22)12-24-20-23-10-9-18(27-20)25-17-4-2-3-14(11-17)19(28)26-16-7-5-15(21)6-8-16/h2-11,13H,12,22H2,1H3,(H,26,28)(H2,23,24,25,27)/t13-/m0/s1. The zero-order valence-corrected chi connectivity index (χ0v) is 16.1. The molecule has 144 valence electrons. The van der Waals surface area contributed by atoms with E-state index in [1.54, 1.807) is 54.7 Å². The van der Waals surface area contributed by atoms with Crippen molar-refractivity contribution in [2.75, 3.05) is 22.5 Å². The third kappa shape index (κ3) is 5.67. The van der Waals surface area contributed by atoms with Gasteiger partial charge in [0.2, 0.25) is 5.95 Å². The van der Waals surface area contributed by atoms with Crippen LogP contribution in [0.1, 0.15) is 17.3 Å². The molecule has 0 aliphatic carbocycles. The normalized spacial score (nSPS) is 11.5. The van der Waals surface area contributed by atoms with Crippen LogP contribution >= 0.6 is 11.6 Å². The molecule has 7 nitrogen and oxygen atoms in total. The van der Waals surface area contributed by atoms with Gasteiger partial charge in [-0.1, -0.05) is 17.7 Å². The number of nitrogens with zero attached hydrogens (tertiary/aromatic N) is 2. The van der Waals surface area contributed by atoms with Crippen molar-refractivity contribution in [1.29, 1.82) is 0 Å². The number of benzene rings is 2. The highest BCUT2D eigenvalue weighted by Gasteiger charge is 2.08. The van der Waals surface area contributed by atoms with Crippen LogP contribution in [0.2, 0.25) is 5.02 Å². The number of aromatic nitrogens is 2. The number of amides is 1. The van der Waals surface area contributed by atoms with Crippen LogP contribution in [0.5, 0.6) is 0 Å². The Labute approximate surface area is 168 Å². The topological polar surface area (TPSA) is 105 Å². The van der Waals surface area contributed by atoms with Crippen molar-refractivity contribution in [3.05, 3.63) is 71.4 Å². The van der Waals surface area contributed by atoms with Crippen LogP contribution in [0.15, 0.2) is 60.8 Å². The van der Waals surface area contributed by atoms with Gasteiger partial charge < -0.3 is 21.7 Å². The summed E-state index contributed by atoms with van der Waals surface area (Å²) in [7, 11) is 0. The van der Waals surface area contributed by atoms with E-state index in [1.165, 1.54) is 0 Å². The SMILES string of the molecule is C[C@H](N)CNc1nccc(Nc2cccc(C(=O)Nc3ccc(Cl)cc3)c2)n1. The maximum absolute atomic E-state index is 12.5. The molecule has 0 bridgehead atoms. The molecule has 1 heterocycles. The highest BCUT2D eigenvalue weighted by molar-refractivity contribution is 6.30. The number of nitrogens with two attached hydrogens (primary N) is 1. The van der Waals surface area contributed by atoms with Crippen molar-refractivity contribution < 1.29 is 4.79 Å². The predicted molar refractivity (Wildman–Crippen MR) is 113 cm³/mol. The monoisotopic (exact) mass is 396 g/mol. The first-order chi connectivity index (χ1) is 13.5. The Kier molecular flexibility index (Phi) is 6.41. The van der Waals surface area contributed by atoms with Gasteiger partial charge in [-0.25, -0.2) is 4.98 Å². The molecule has 1 atom stereocenters. The summed E-state index contributed by atoms with van der Waals surface area (Å²) in [5.41, 5.74) is 7.66. The lowest BCUT2D eigenvalue weighted by Crippen LogP contribution is -2.25. The number of anilines is 4. The molecule has 3 rings (SSSR count). The molecule has 0 saturated heterocycles. The summed E-state index contributed by atoms with van der Waals surface area (Å²) in [4.78, 5) is 21.0. The van der Waals surface area contributed by atoms with Crippen molar-refractivity contribution in [2.24, 2.45) is 5.73 Å². The fourth-order valence-electron chi connectivity index (χ4n) is 2.39. The summed E-state index contributed by atoms with van der Waals surface area (Å²) < 4.78 is 0. The Morgan fingerprint density at radius 1 is 1.14 bits per heavy atom. The number of hydrogen-bond donors (Lipinski definition) is 4. The first kappa shape index (κ1) is 19.6. The lowest BCUT2D eigenvalue weighted by molar-refractivity contribution is 0.102. The molecule has 0 fully saturated rings. The number of nitrogens with one attached hydrogen (secondary N) is 3. The zero-order valence-electron chi connectivity index (χ0n) is 15.3. The van der Waals surface area contributed by atoms with Crippen LogP contribution in [0.3, 0.4) is 0 Å². The largest absolute Gasteiger partial charge is 0.353 e. The average Bonchev–Trinajstić information content (AvgIpc) is 2.69. The van der Waals surface area contributed by atoms with Gasteiger partial charge in [0.05, 0.1) is 0 Å². The molecule has 2 aromatic carbocycles. The third-order valence-corrected chi connectivity index (χ3v) is 3.99. The fourth-order valence-corrected chi connectivity index (χ4v) is 2.51. The van der Waals surface area contributed by atoms with Gasteiger partial charge in [0.1, 0.15) is 5.82 Å². The van der Waals surface area contributed by atoms with E-state index in [9.17, 15) is 4.79 Å². The summed E-state index contributed by atoms with van der Waals surface area (Å²) in [6.07, 6.45) is 1.65. The second-order valence-corrected chi connectivity index (χ2v) is 6.73. The van der Waals surface area contributed by atoms with Crippen LogP contribution in [-0.4, -0.2) is 28.5 Å². The molecule has 1 aromatic heterocycles. The van der Waals surface area contributed by atoms with Crippen LogP contribution in [-0.2, 0) is 0 Å². The summed E-state index contributed by atoms with van der Waals surface area (Å²) in [5, 5.41) is 9.70. The first-order valence-corrected chi connectivity index (χ1v) is 9.14. The highest BCUT2D eigenvalue weighted by atomic mass is 35.5. The molecule has 3 aromatic rings. The first-order valence-electron chi connectivity index (χ1n) is 8.76. The number of halogens is 1. The van der Waals surface area contributed by atoms with Crippen LogP contribution in [0.4, 0.5) is 23.1 Å². The zero-order chi connectivity index (χ0) is 19.9. The van der Waals surface area contributed by atoms with E-state index in [0.717, 1.165) is 5.69 Å². The van der Waals surface area contributed by atoms with E-state index in [4.69, 9.17) is 17.3 Å². The quantitative estimate of drug-likeness (QED) is 0.483. The van der Waals surface area contributed by atoms with Gasteiger partial charge in [-0.15, -0.1) is 0 Å². The van der Waals surface area contributed by atoms with E-state index < -0.39 is 0 Å². The summed E-state index contributed by atoms with van der Waals surface area (Å²) in [6, 6.07) is 15.8. The van der Waals surface area contributed by atoms with Crippen LogP contribution in [0.25, 0.3) is 0 Å². The molecule has 0 aliphatic heterocycles. The van der Waals surface area contributed by atoms with Crippen molar-refractivity contribution in [3.8, 4) is 0 Å². The minimum absolute atomic E-state index is 0.00366. The smallest absolute Gasteiger partial charge is 0.255 e. The van der Waals surface area contributed by atoms with E-state index >= 15 is 0 Å². The summed E-state index contributed by atoms with van der Waals surface area (Å²) in [5.74, 6) is 0.879. The van der Waals surface area contributed by atoms with Gasteiger partial charge in [0.25, 0.3) is 5.91 Å². The number of carbonyl (C=O) groups excluding carboxylic acids is 1. The minimum Gasteiger partial charge on any atom is -0.353 e. The van der Waals surface area contributed by atoms with E-state index in [2.05, 4.69) is 25.9 Å². The van der Waals surface area contributed by atoms with Gasteiger partial charge in [0.15, 0.2) is 0 Å². The maximum Gasteiger partial charge on any atom is 0.255 e. The van der Waals surface area contributed by atoms with Gasteiger partial charge in [-0.3, -0.25) is 4.79 Å². The Hall–Kier alpha value is -3.16. The Bertz CT molecular complexity index is 945. The molecule has 0 radical (unpaired) electrons. The van der Waals surface area contributed by atoms with Gasteiger partial charge in [-0.05, 0) is 55.5 Å². The molecule has 0 unspecified atom stereocenters. The number of hydrogen-bond acceptors (Lipinski definition) is 6. The van der Waals surface area contributed by atoms with Crippen LogP contribution in [0, 0.1) is 0 Å². The van der Waals surface area contributed by atoms with Crippen molar-refractivity contribution in [1.82, 2.24) is 9.97 Å². The number of rotatable bonds is 7. The average molecular weight is 397 g/mol. The fraction of sp³-hybridized carbons (Fsp3) is 0.150. The molecule has 0 spiro atoms. The van der Waals surface area contributed by atoms with Crippen LogP contribution < -0.4 is 21.7 Å². The molecule has 0 aliphatic rings. The minimum atomic E-state index is -0.215. The van der Waals surface area contributed by atoms with Crippen molar-refractivity contribution >= 4 is 40.6 Å². The van der Waals surface area contributed by atoms with E-state index in [1.807, 2.05) is 13.0 Å². The van der Waals surface area contributed by atoms with Crippen molar-refractivity contribution in [2.45, 2.75) is 13.0 Å². The molecule has 5 N–H and O–H groups in total. The van der Waals surface area contributed by atoms with E-state index in [0.29, 0.717) is 34.6 Å². The molecule has 0 saturated carbocycles. The second-order valence-electron chi connectivity index (χ2n) is 6.29. The molecular formula is C20H21ClN6O. The summed E-state index contributed by atoms with van der Waals surface area (Å²) >= 11 is 5.87. The molecule has 8 heteroatoms. The molecule has 28 heavy (non-hydrogen) atoms. The maximum atomic E-state index is 12.5. The van der Waals surface area contributed by atoms with Gasteiger partial charge in [-0.2, -0.15) is 4.98 Å². The molecular weight excluding hydrogens is 376 g/mol. The van der Waals surface area contributed by atoms with Crippen molar-refractivity contribution in [3.63, 3.8) is 0 Å². The lowest BCUT2D eigenvalue weighted by Gasteiger charge is -2.11. The van der Waals surface area contributed by atoms with Gasteiger partial charge >= 0.3 is 0 Å². The second kappa shape index (κ2) is 9.16. The highest BCUT2D eigenvalue weighted by Crippen LogP contribution is 2.19. The van der Waals surface area contributed by atoms with E-state index in [-0.39, 0.29) is 11.9 Å². The lowest BCUT2D eigenvalue weighted by atomic mass is 10.2. The Morgan fingerprint density at radius 3 is 2.68 bits per heavy atom. The Morgan fingerprint density at radius 2 is 1.93 bits per heavy atom. The van der Waals surface area contributed by atoms with Gasteiger partial charge in [0, 0.05) is 40.7 Å².